The molecule has 7 heteroatoms. The molecular weight excluding hydrogens is 366 g/mol. The molecule has 0 saturated heterocycles. The van der Waals surface area contributed by atoms with Crippen molar-refractivity contribution in [2.75, 3.05) is 4.90 Å². The number of carbonyl (C=O) groups is 1. The monoisotopic (exact) mass is 391 g/mol. The Morgan fingerprint density at radius 3 is 2.48 bits per heavy atom. The van der Waals surface area contributed by atoms with Gasteiger partial charge in [-0.15, -0.1) is 0 Å². The molecule has 1 aliphatic heterocycles. The quantitative estimate of drug-likeness (QED) is 0.516. The van der Waals surface area contributed by atoms with E-state index in [1.165, 1.54) is 12.5 Å². The van der Waals surface area contributed by atoms with Gasteiger partial charge < -0.3 is 9.80 Å². The Hall–Kier alpha value is -2.08. The molecule has 0 spiro atoms. The number of hydrogen-bond donors (Lipinski definition) is 0. The lowest BCUT2D eigenvalue weighted by Crippen LogP contribution is -2.52. The van der Waals surface area contributed by atoms with Crippen molar-refractivity contribution < 1.29 is 9.72 Å². The number of halogens is 1. The molecule has 0 bridgehead atoms. The van der Waals surface area contributed by atoms with E-state index in [1.807, 2.05) is 11.1 Å². The van der Waals surface area contributed by atoms with Crippen molar-refractivity contribution in [1.82, 2.24) is 4.90 Å². The fourth-order valence-corrected chi connectivity index (χ4v) is 4.21. The predicted octanol–water partition coefficient (Wildman–Crippen LogP) is 5.12. The van der Waals surface area contributed by atoms with Crippen molar-refractivity contribution in [1.29, 1.82) is 0 Å². The number of amides is 1. The Kier molecular flexibility index (Phi) is 6.05. The zero-order valence-electron chi connectivity index (χ0n) is 15.8. The van der Waals surface area contributed by atoms with Crippen LogP contribution in [0.4, 0.5) is 11.4 Å². The number of nitro benzene ring substituents is 1. The summed E-state index contributed by atoms with van der Waals surface area (Å²) in [7, 11) is 0. The van der Waals surface area contributed by atoms with Gasteiger partial charge in [-0.3, -0.25) is 14.9 Å². The smallest absolute Gasteiger partial charge is 0.294 e. The van der Waals surface area contributed by atoms with Crippen LogP contribution in [0.5, 0.6) is 0 Å². The highest BCUT2D eigenvalue weighted by Gasteiger charge is 2.38. The number of carbonyl (C=O) groups excluding carboxylic acids is 1. The van der Waals surface area contributed by atoms with Crippen molar-refractivity contribution in [2.24, 2.45) is 5.92 Å². The van der Waals surface area contributed by atoms with Gasteiger partial charge >= 0.3 is 0 Å². The molecule has 1 aromatic carbocycles. The molecular formula is C20H26ClN3O3. The van der Waals surface area contributed by atoms with Crippen molar-refractivity contribution in [3.05, 3.63) is 45.7 Å². The first-order valence-electron chi connectivity index (χ1n) is 9.61. The lowest BCUT2D eigenvalue weighted by molar-refractivity contribution is -0.384. The first-order valence-corrected chi connectivity index (χ1v) is 9.99. The summed E-state index contributed by atoms with van der Waals surface area (Å²) in [5.41, 5.74) is 0.322. The highest BCUT2D eigenvalue weighted by molar-refractivity contribution is 6.31. The summed E-state index contributed by atoms with van der Waals surface area (Å²) in [5, 5.41) is 11.8. The number of hydrogen-bond acceptors (Lipinski definition) is 4. The summed E-state index contributed by atoms with van der Waals surface area (Å²) in [6.45, 7) is 4.12. The highest BCUT2D eigenvalue weighted by atomic mass is 35.5. The molecule has 1 saturated carbocycles. The lowest BCUT2D eigenvalue weighted by Gasteiger charge is -2.41. The van der Waals surface area contributed by atoms with E-state index < -0.39 is 11.0 Å². The second-order valence-electron chi connectivity index (χ2n) is 7.78. The van der Waals surface area contributed by atoms with Gasteiger partial charge in [-0.25, -0.2) is 0 Å². The minimum atomic E-state index is -0.447. The molecule has 3 rings (SSSR count). The molecule has 0 N–H and O–H groups in total. The minimum absolute atomic E-state index is 0.0300. The molecule has 1 atom stereocenters. The summed E-state index contributed by atoms with van der Waals surface area (Å²) in [4.78, 5) is 28.0. The van der Waals surface area contributed by atoms with E-state index in [0.29, 0.717) is 17.1 Å². The molecule has 1 amide bonds. The molecule has 1 fully saturated rings. The Morgan fingerprint density at radius 2 is 1.85 bits per heavy atom. The summed E-state index contributed by atoms with van der Waals surface area (Å²) in [5.74, 6) is 0.315. The molecule has 1 unspecified atom stereocenters. The van der Waals surface area contributed by atoms with Crippen LogP contribution in [0.2, 0.25) is 5.02 Å². The van der Waals surface area contributed by atoms with E-state index >= 15 is 0 Å². The fourth-order valence-electron chi connectivity index (χ4n) is 4.04. The van der Waals surface area contributed by atoms with Gasteiger partial charge in [0.15, 0.2) is 0 Å². The average molecular weight is 392 g/mol. The Morgan fingerprint density at radius 1 is 1.19 bits per heavy atom. The first-order chi connectivity index (χ1) is 12.9. The maximum absolute atomic E-state index is 13.3. The normalized spacial score (nSPS) is 21.2. The average Bonchev–Trinajstić information content (AvgIpc) is 2.64. The zero-order valence-corrected chi connectivity index (χ0v) is 16.6. The maximum Gasteiger partial charge on any atom is 0.294 e. The molecule has 146 valence electrons. The second kappa shape index (κ2) is 8.30. The zero-order chi connectivity index (χ0) is 19.6. The third-order valence-electron chi connectivity index (χ3n) is 5.34. The summed E-state index contributed by atoms with van der Waals surface area (Å²) < 4.78 is 0. The van der Waals surface area contributed by atoms with Crippen molar-refractivity contribution in [3.63, 3.8) is 0 Å². The largest absolute Gasteiger partial charge is 0.328 e. The first kappa shape index (κ1) is 19.7. The Balaban J connectivity index is 1.98. The van der Waals surface area contributed by atoms with E-state index in [9.17, 15) is 14.9 Å². The number of nitro groups is 1. The van der Waals surface area contributed by atoms with Gasteiger partial charge in [0.05, 0.1) is 4.92 Å². The number of benzene rings is 1. The molecule has 1 heterocycles. The third-order valence-corrected chi connectivity index (χ3v) is 5.57. The van der Waals surface area contributed by atoms with Crippen LogP contribution in [0.15, 0.2) is 30.6 Å². The van der Waals surface area contributed by atoms with E-state index in [-0.39, 0.29) is 23.6 Å². The van der Waals surface area contributed by atoms with Crippen LogP contribution in [0.25, 0.3) is 0 Å². The van der Waals surface area contributed by atoms with Gasteiger partial charge in [-0.1, -0.05) is 44.7 Å². The van der Waals surface area contributed by atoms with Crippen molar-refractivity contribution in [3.8, 4) is 0 Å². The SMILES string of the molecule is CC(C)CC1C(=O)N(C2CCCCC2)C=CN1c1ccc(Cl)cc1[N+](=O)[O-]. The van der Waals surface area contributed by atoms with Crippen LogP contribution in [0.1, 0.15) is 52.4 Å². The predicted molar refractivity (Wildman–Crippen MR) is 107 cm³/mol. The molecule has 2 aliphatic rings. The van der Waals surface area contributed by atoms with E-state index in [0.717, 1.165) is 25.7 Å². The third kappa shape index (κ3) is 4.26. The number of anilines is 1. The summed E-state index contributed by atoms with van der Waals surface area (Å²) in [6, 6.07) is 4.38. The number of rotatable bonds is 5. The van der Waals surface area contributed by atoms with Crippen molar-refractivity contribution >= 4 is 28.9 Å². The van der Waals surface area contributed by atoms with E-state index in [4.69, 9.17) is 11.6 Å². The van der Waals surface area contributed by atoms with E-state index in [1.54, 1.807) is 23.2 Å². The molecule has 0 radical (unpaired) electrons. The Bertz CT molecular complexity index is 744. The number of nitrogens with zero attached hydrogens (tertiary/aromatic N) is 3. The molecule has 6 nitrogen and oxygen atoms in total. The fraction of sp³-hybridized carbons (Fsp3) is 0.550. The standard InChI is InChI=1S/C20H26ClN3O3/c1-14(2)12-19-20(25)22(16-6-4-3-5-7-16)10-11-23(19)17-9-8-15(21)13-18(17)24(26)27/h8-11,13-14,16,19H,3-7,12H2,1-2H3. The van der Waals surface area contributed by atoms with Crippen LogP contribution >= 0.6 is 11.6 Å². The topological polar surface area (TPSA) is 66.7 Å². The van der Waals surface area contributed by atoms with E-state index in [2.05, 4.69) is 13.8 Å². The maximum atomic E-state index is 13.3. The molecule has 27 heavy (non-hydrogen) atoms. The molecule has 1 aliphatic carbocycles. The molecule has 1 aromatic rings. The highest BCUT2D eigenvalue weighted by Crippen LogP contribution is 2.36. The van der Waals surface area contributed by atoms with Crippen LogP contribution in [-0.2, 0) is 4.79 Å². The van der Waals surface area contributed by atoms with Crippen LogP contribution in [0.3, 0.4) is 0 Å². The second-order valence-corrected chi connectivity index (χ2v) is 8.21. The van der Waals surface area contributed by atoms with Crippen molar-refractivity contribution in [2.45, 2.75) is 64.5 Å². The lowest BCUT2D eigenvalue weighted by atomic mass is 9.92. The van der Waals surface area contributed by atoms with Gasteiger partial charge in [0, 0.05) is 29.5 Å². The van der Waals surface area contributed by atoms with Gasteiger partial charge in [0.2, 0.25) is 5.91 Å². The summed E-state index contributed by atoms with van der Waals surface area (Å²) >= 11 is 5.96. The van der Waals surface area contributed by atoms with Crippen LogP contribution in [-0.4, -0.2) is 27.8 Å². The van der Waals surface area contributed by atoms with Gasteiger partial charge in [0.1, 0.15) is 11.7 Å². The molecule has 0 aromatic heterocycles. The van der Waals surface area contributed by atoms with Gasteiger partial charge in [-0.2, -0.15) is 0 Å². The Labute approximate surface area is 164 Å². The van der Waals surface area contributed by atoms with Crippen LogP contribution in [0, 0.1) is 16.0 Å². The van der Waals surface area contributed by atoms with Crippen LogP contribution < -0.4 is 4.90 Å². The van der Waals surface area contributed by atoms with Gasteiger partial charge in [0.25, 0.3) is 5.69 Å². The minimum Gasteiger partial charge on any atom is -0.328 e. The van der Waals surface area contributed by atoms with Gasteiger partial charge in [-0.05, 0) is 37.3 Å². The summed E-state index contributed by atoms with van der Waals surface area (Å²) in [6.07, 6.45) is 9.80.